The Morgan fingerprint density at radius 1 is 1.06 bits per heavy atom. The summed E-state index contributed by atoms with van der Waals surface area (Å²) in [7, 11) is 1.89. The molecule has 2 aliphatic heterocycles. The Morgan fingerprint density at radius 3 is 2.52 bits per heavy atom. The van der Waals surface area contributed by atoms with Crippen LogP contribution in [-0.4, -0.2) is 45.7 Å². The van der Waals surface area contributed by atoms with Crippen LogP contribution in [0.25, 0.3) is 11.3 Å². The van der Waals surface area contributed by atoms with E-state index < -0.39 is 0 Å². The number of fused-ring (bicyclic) bond motifs is 1. The molecule has 0 aliphatic carbocycles. The average molecular weight is 421 g/mol. The minimum Gasteiger partial charge on any atom is -0.367 e. The van der Waals surface area contributed by atoms with Crippen LogP contribution in [0.4, 0.5) is 15.9 Å². The lowest BCUT2D eigenvalue weighted by Gasteiger charge is -2.38. The summed E-state index contributed by atoms with van der Waals surface area (Å²) in [5.41, 5.74) is 4.20. The predicted octanol–water partition coefficient (Wildman–Crippen LogP) is 4.24. The molecule has 0 radical (unpaired) electrons. The molecule has 5 rings (SSSR count). The highest BCUT2D eigenvalue weighted by Crippen LogP contribution is 2.43. The van der Waals surface area contributed by atoms with Crippen LogP contribution in [0, 0.1) is 11.7 Å². The lowest BCUT2D eigenvalue weighted by atomic mass is 9.90. The van der Waals surface area contributed by atoms with E-state index in [2.05, 4.69) is 38.9 Å². The number of aromatic nitrogens is 4. The van der Waals surface area contributed by atoms with Crippen molar-refractivity contribution in [1.82, 2.24) is 20.0 Å². The predicted molar refractivity (Wildman–Crippen MR) is 121 cm³/mol. The first-order chi connectivity index (χ1) is 15.0. The Labute approximate surface area is 182 Å². The maximum absolute atomic E-state index is 14.0. The molecule has 3 aromatic rings. The first-order valence-electron chi connectivity index (χ1n) is 11.1. The smallest absolute Gasteiger partial charge is 0.151 e. The van der Waals surface area contributed by atoms with E-state index in [1.807, 2.05) is 31.4 Å². The van der Waals surface area contributed by atoms with Crippen LogP contribution in [0.5, 0.6) is 0 Å². The normalized spacial score (nSPS) is 19.3. The lowest BCUT2D eigenvalue weighted by molar-refractivity contribution is 0.440. The molecule has 0 N–H and O–H groups in total. The summed E-state index contributed by atoms with van der Waals surface area (Å²) in [6.07, 6.45) is 5.81. The van der Waals surface area contributed by atoms with Crippen molar-refractivity contribution in [1.29, 1.82) is 0 Å². The molecule has 1 saturated heterocycles. The van der Waals surface area contributed by atoms with Crippen molar-refractivity contribution in [3.8, 4) is 11.3 Å². The van der Waals surface area contributed by atoms with E-state index in [-0.39, 0.29) is 5.82 Å². The number of anilines is 2. The van der Waals surface area contributed by atoms with Gasteiger partial charge in [-0.05, 0) is 48.6 Å². The maximum atomic E-state index is 14.0. The van der Waals surface area contributed by atoms with E-state index >= 15 is 0 Å². The fourth-order valence-corrected chi connectivity index (χ4v) is 5.01. The standard InChI is InChI=1S/C24H29FN6/c1-16(2)21-15-31(23-12-18(25)4-5-20(21)23)19-8-10-30(11-9-19)24-7-6-22(27-28-24)17-13-26-29(3)14-17/h4-7,12-14,16,19,21H,8-11,15H2,1-3H3. The van der Waals surface area contributed by atoms with Gasteiger partial charge in [0.2, 0.25) is 0 Å². The molecule has 31 heavy (non-hydrogen) atoms. The van der Waals surface area contributed by atoms with Crippen LogP contribution >= 0.6 is 0 Å². The van der Waals surface area contributed by atoms with Crippen molar-refractivity contribution < 1.29 is 4.39 Å². The molecule has 4 heterocycles. The fourth-order valence-electron chi connectivity index (χ4n) is 5.01. The van der Waals surface area contributed by atoms with E-state index in [1.54, 1.807) is 23.0 Å². The number of hydrogen-bond donors (Lipinski definition) is 0. The minimum absolute atomic E-state index is 0.144. The highest BCUT2D eigenvalue weighted by atomic mass is 19.1. The molecule has 7 heteroatoms. The summed E-state index contributed by atoms with van der Waals surface area (Å²) in [6, 6.07) is 9.82. The second-order valence-electron chi connectivity index (χ2n) is 9.10. The molecule has 1 unspecified atom stereocenters. The van der Waals surface area contributed by atoms with Crippen molar-refractivity contribution in [3.05, 3.63) is 54.1 Å². The summed E-state index contributed by atoms with van der Waals surface area (Å²) >= 11 is 0. The van der Waals surface area contributed by atoms with Gasteiger partial charge in [-0.3, -0.25) is 4.68 Å². The molecule has 1 fully saturated rings. The second kappa shape index (κ2) is 7.94. The van der Waals surface area contributed by atoms with Gasteiger partial charge in [-0.2, -0.15) is 5.10 Å². The Balaban J connectivity index is 1.27. The molecular weight excluding hydrogens is 391 g/mol. The van der Waals surface area contributed by atoms with Gasteiger partial charge in [0.15, 0.2) is 5.82 Å². The summed E-state index contributed by atoms with van der Waals surface area (Å²) in [5.74, 6) is 1.79. The average Bonchev–Trinajstić information content (AvgIpc) is 3.38. The van der Waals surface area contributed by atoms with Gasteiger partial charge in [0.25, 0.3) is 0 Å². The summed E-state index contributed by atoms with van der Waals surface area (Å²) in [5, 5.41) is 13.1. The third-order valence-electron chi connectivity index (χ3n) is 6.78. The number of hydrogen-bond acceptors (Lipinski definition) is 5. The quantitative estimate of drug-likeness (QED) is 0.632. The molecule has 0 saturated carbocycles. The fraction of sp³-hybridized carbons (Fsp3) is 0.458. The first kappa shape index (κ1) is 20.0. The van der Waals surface area contributed by atoms with E-state index in [0.717, 1.165) is 55.2 Å². The third-order valence-corrected chi connectivity index (χ3v) is 6.78. The summed E-state index contributed by atoms with van der Waals surface area (Å²) in [6.45, 7) is 7.37. The zero-order valence-electron chi connectivity index (χ0n) is 18.4. The Bertz CT molecular complexity index is 1050. The lowest BCUT2D eigenvalue weighted by Crippen LogP contribution is -2.45. The van der Waals surface area contributed by atoms with E-state index in [0.29, 0.717) is 17.9 Å². The van der Waals surface area contributed by atoms with Crippen molar-refractivity contribution in [3.63, 3.8) is 0 Å². The SMILES string of the molecule is CC(C)C1CN(C2CCN(c3ccc(-c4cnn(C)c4)nn3)CC2)c2cc(F)ccc21. The van der Waals surface area contributed by atoms with Crippen LogP contribution in [0.15, 0.2) is 42.7 Å². The van der Waals surface area contributed by atoms with Crippen molar-refractivity contribution in [2.45, 2.75) is 38.6 Å². The van der Waals surface area contributed by atoms with Crippen LogP contribution < -0.4 is 9.80 Å². The van der Waals surface area contributed by atoms with Crippen molar-refractivity contribution in [2.24, 2.45) is 13.0 Å². The number of rotatable bonds is 4. The molecule has 1 atom stereocenters. The zero-order chi connectivity index (χ0) is 21.5. The van der Waals surface area contributed by atoms with Crippen LogP contribution in [-0.2, 0) is 7.05 Å². The Kier molecular flexibility index (Phi) is 5.12. The number of piperidine rings is 1. The molecule has 0 amide bonds. The van der Waals surface area contributed by atoms with Gasteiger partial charge in [0.05, 0.1) is 11.9 Å². The van der Waals surface area contributed by atoms with E-state index in [4.69, 9.17) is 0 Å². The minimum atomic E-state index is -0.144. The van der Waals surface area contributed by atoms with Gasteiger partial charge in [-0.15, -0.1) is 10.2 Å². The Morgan fingerprint density at radius 2 is 1.87 bits per heavy atom. The molecule has 6 nitrogen and oxygen atoms in total. The van der Waals surface area contributed by atoms with E-state index in [9.17, 15) is 4.39 Å². The highest BCUT2D eigenvalue weighted by molar-refractivity contribution is 5.62. The Hall–Kier alpha value is -2.96. The molecule has 2 aliphatic rings. The number of benzene rings is 1. The van der Waals surface area contributed by atoms with Gasteiger partial charge in [-0.25, -0.2) is 4.39 Å². The van der Waals surface area contributed by atoms with E-state index in [1.165, 1.54) is 5.56 Å². The summed E-state index contributed by atoms with van der Waals surface area (Å²) in [4.78, 5) is 4.76. The van der Waals surface area contributed by atoms with Crippen molar-refractivity contribution >= 4 is 11.5 Å². The van der Waals surface area contributed by atoms with Gasteiger partial charge in [-0.1, -0.05) is 19.9 Å². The molecular formula is C24H29FN6. The molecule has 2 aromatic heterocycles. The van der Waals surface area contributed by atoms with Gasteiger partial charge >= 0.3 is 0 Å². The van der Waals surface area contributed by atoms with Crippen LogP contribution in [0.1, 0.15) is 38.2 Å². The number of halogens is 1. The van der Waals surface area contributed by atoms with Crippen molar-refractivity contribution in [2.75, 3.05) is 29.4 Å². The number of aryl methyl sites for hydroxylation is 1. The maximum Gasteiger partial charge on any atom is 0.151 e. The summed E-state index contributed by atoms with van der Waals surface area (Å²) < 4.78 is 15.8. The van der Waals surface area contributed by atoms with Crippen LogP contribution in [0.2, 0.25) is 0 Å². The zero-order valence-corrected chi connectivity index (χ0v) is 18.4. The third kappa shape index (κ3) is 3.77. The second-order valence-corrected chi connectivity index (χ2v) is 9.10. The molecule has 1 aromatic carbocycles. The molecule has 0 spiro atoms. The van der Waals surface area contributed by atoms with Gasteiger partial charge < -0.3 is 9.80 Å². The first-order valence-corrected chi connectivity index (χ1v) is 11.1. The highest BCUT2D eigenvalue weighted by Gasteiger charge is 2.36. The largest absolute Gasteiger partial charge is 0.367 e. The van der Waals surface area contributed by atoms with Gasteiger partial charge in [0, 0.05) is 56.1 Å². The van der Waals surface area contributed by atoms with Gasteiger partial charge in [0.1, 0.15) is 5.82 Å². The monoisotopic (exact) mass is 420 g/mol. The topological polar surface area (TPSA) is 50.1 Å². The molecule has 0 bridgehead atoms. The molecule has 162 valence electrons. The van der Waals surface area contributed by atoms with Crippen LogP contribution in [0.3, 0.4) is 0 Å². The number of nitrogens with zero attached hydrogens (tertiary/aromatic N) is 6.